The van der Waals surface area contributed by atoms with Gasteiger partial charge in [0, 0.05) is 30.1 Å². The summed E-state index contributed by atoms with van der Waals surface area (Å²) in [7, 11) is 0. The molecule has 3 rings (SSSR count). The van der Waals surface area contributed by atoms with Gasteiger partial charge in [0.2, 0.25) is 5.91 Å². The lowest BCUT2D eigenvalue weighted by Crippen LogP contribution is -2.52. The zero-order valence-electron chi connectivity index (χ0n) is 20.7. The maximum atomic E-state index is 14.6. The van der Waals surface area contributed by atoms with Crippen LogP contribution in [-0.2, 0) is 22.6 Å². The van der Waals surface area contributed by atoms with Gasteiger partial charge in [-0.15, -0.1) is 0 Å². The number of amides is 2. The van der Waals surface area contributed by atoms with Crippen LogP contribution in [0.2, 0.25) is 5.02 Å². The molecule has 0 saturated carbocycles. The zero-order valence-corrected chi connectivity index (χ0v) is 21.4. The van der Waals surface area contributed by atoms with Crippen LogP contribution in [-0.4, -0.2) is 35.9 Å². The minimum atomic E-state index is -0.841. The molecule has 0 aliphatic rings. The van der Waals surface area contributed by atoms with Gasteiger partial charge in [0.1, 0.15) is 17.6 Å². The van der Waals surface area contributed by atoms with Crippen LogP contribution in [0.25, 0.3) is 0 Å². The average molecular weight is 511 g/mol. The SMILES string of the molecule is CCCCNC(=O)[C@H](Cc1ccccc1)N(Cc1ccccc1F)C(=O)COc1ccc(Cl)c(C)c1. The highest BCUT2D eigenvalue weighted by molar-refractivity contribution is 6.31. The first-order valence-corrected chi connectivity index (χ1v) is 12.5. The van der Waals surface area contributed by atoms with Crippen molar-refractivity contribution >= 4 is 23.4 Å². The molecule has 3 aromatic carbocycles. The number of aryl methyl sites for hydroxylation is 1. The number of unbranched alkanes of at least 4 members (excludes halogenated alkanes) is 1. The molecule has 0 radical (unpaired) electrons. The van der Waals surface area contributed by atoms with E-state index in [9.17, 15) is 14.0 Å². The maximum Gasteiger partial charge on any atom is 0.261 e. The van der Waals surface area contributed by atoms with Crippen LogP contribution < -0.4 is 10.1 Å². The third kappa shape index (κ3) is 7.82. The highest BCUT2D eigenvalue weighted by atomic mass is 35.5. The van der Waals surface area contributed by atoms with Crippen molar-refractivity contribution in [3.05, 3.63) is 100 Å². The quantitative estimate of drug-likeness (QED) is 0.317. The van der Waals surface area contributed by atoms with Gasteiger partial charge in [-0.2, -0.15) is 0 Å². The Morgan fingerprint density at radius 1 is 1.06 bits per heavy atom. The number of carbonyl (C=O) groups is 2. The summed E-state index contributed by atoms with van der Waals surface area (Å²) in [5.41, 5.74) is 2.04. The van der Waals surface area contributed by atoms with E-state index >= 15 is 0 Å². The summed E-state index contributed by atoms with van der Waals surface area (Å²) >= 11 is 6.09. The van der Waals surface area contributed by atoms with E-state index < -0.39 is 17.8 Å². The molecule has 0 aromatic heterocycles. The number of hydrogen-bond donors (Lipinski definition) is 1. The largest absolute Gasteiger partial charge is 0.484 e. The minimum absolute atomic E-state index is 0.0623. The maximum absolute atomic E-state index is 14.6. The predicted molar refractivity (Wildman–Crippen MR) is 140 cm³/mol. The van der Waals surface area contributed by atoms with E-state index in [1.807, 2.05) is 44.2 Å². The Labute approximate surface area is 217 Å². The van der Waals surface area contributed by atoms with E-state index in [0.717, 1.165) is 24.0 Å². The fourth-order valence-electron chi connectivity index (χ4n) is 3.81. The number of nitrogens with one attached hydrogen (secondary N) is 1. The fourth-order valence-corrected chi connectivity index (χ4v) is 3.92. The number of carbonyl (C=O) groups excluding carboxylic acids is 2. The van der Waals surface area contributed by atoms with Gasteiger partial charge in [-0.3, -0.25) is 9.59 Å². The van der Waals surface area contributed by atoms with Gasteiger partial charge < -0.3 is 15.0 Å². The summed E-state index contributed by atoms with van der Waals surface area (Å²) in [4.78, 5) is 28.3. The second-order valence-electron chi connectivity index (χ2n) is 8.66. The monoisotopic (exact) mass is 510 g/mol. The number of hydrogen-bond acceptors (Lipinski definition) is 3. The van der Waals surface area contributed by atoms with Crippen molar-refractivity contribution < 1.29 is 18.7 Å². The number of halogens is 2. The Morgan fingerprint density at radius 2 is 1.78 bits per heavy atom. The molecule has 7 heteroatoms. The molecule has 1 atom stereocenters. The average Bonchev–Trinajstić information content (AvgIpc) is 2.88. The molecule has 0 heterocycles. The first-order valence-electron chi connectivity index (χ1n) is 12.1. The number of ether oxygens (including phenoxy) is 1. The van der Waals surface area contributed by atoms with E-state index in [2.05, 4.69) is 5.32 Å². The number of rotatable bonds is 12. The highest BCUT2D eigenvalue weighted by Gasteiger charge is 2.31. The molecule has 0 fully saturated rings. The van der Waals surface area contributed by atoms with Gasteiger partial charge >= 0.3 is 0 Å². The van der Waals surface area contributed by atoms with E-state index in [1.165, 1.54) is 11.0 Å². The first-order chi connectivity index (χ1) is 17.4. The standard InChI is InChI=1S/C29H32ClFN2O3/c1-3-4-16-32-29(35)27(18-22-10-6-5-7-11-22)33(19-23-12-8-9-13-26(23)31)28(34)20-36-24-14-15-25(30)21(2)17-24/h5-15,17,27H,3-4,16,18-20H2,1-2H3,(H,32,35)/t27-/m0/s1. The van der Waals surface area contributed by atoms with Crippen molar-refractivity contribution in [1.29, 1.82) is 0 Å². The lowest BCUT2D eigenvalue weighted by atomic mass is 10.0. The Bertz CT molecular complexity index is 1160. The molecular weight excluding hydrogens is 479 g/mol. The van der Waals surface area contributed by atoms with E-state index in [0.29, 0.717) is 29.3 Å². The van der Waals surface area contributed by atoms with Crippen LogP contribution in [0, 0.1) is 12.7 Å². The topological polar surface area (TPSA) is 58.6 Å². The Morgan fingerprint density at radius 3 is 2.47 bits per heavy atom. The van der Waals surface area contributed by atoms with Crippen molar-refractivity contribution in [2.75, 3.05) is 13.2 Å². The predicted octanol–water partition coefficient (Wildman–Crippen LogP) is 5.72. The van der Waals surface area contributed by atoms with E-state index in [-0.39, 0.29) is 19.1 Å². The van der Waals surface area contributed by atoms with Crippen LogP contribution in [0.3, 0.4) is 0 Å². The fraction of sp³-hybridized carbons (Fsp3) is 0.310. The molecule has 5 nitrogen and oxygen atoms in total. The number of benzene rings is 3. The molecule has 190 valence electrons. The van der Waals surface area contributed by atoms with Gasteiger partial charge in [-0.1, -0.05) is 73.5 Å². The second-order valence-corrected chi connectivity index (χ2v) is 9.07. The van der Waals surface area contributed by atoms with Gasteiger partial charge in [-0.05, 0) is 48.7 Å². The second kappa shape index (κ2) is 13.6. The molecule has 2 amide bonds. The van der Waals surface area contributed by atoms with Crippen molar-refractivity contribution in [1.82, 2.24) is 10.2 Å². The third-order valence-corrected chi connectivity index (χ3v) is 6.31. The minimum Gasteiger partial charge on any atom is -0.484 e. The molecule has 0 aliphatic heterocycles. The summed E-state index contributed by atoms with van der Waals surface area (Å²) in [5.74, 6) is -0.644. The van der Waals surface area contributed by atoms with Crippen LogP contribution in [0.5, 0.6) is 5.75 Å². The first kappa shape index (κ1) is 27.2. The van der Waals surface area contributed by atoms with E-state index in [1.54, 1.807) is 36.4 Å². The van der Waals surface area contributed by atoms with Gasteiger partial charge in [-0.25, -0.2) is 4.39 Å². The third-order valence-electron chi connectivity index (χ3n) is 5.89. The summed E-state index contributed by atoms with van der Waals surface area (Å²) in [6.07, 6.45) is 2.04. The van der Waals surface area contributed by atoms with Crippen LogP contribution in [0.15, 0.2) is 72.8 Å². The molecule has 0 bridgehead atoms. The summed E-state index contributed by atoms with van der Waals surface area (Å²) in [6.45, 7) is 4.02. The van der Waals surface area contributed by atoms with E-state index in [4.69, 9.17) is 16.3 Å². The molecule has 36 heavy (non-hydrogen) atoms. The Balaban J connectivity index is 1.89. The van der Waals surface area contributed by atoms with Gasteiger partial charge in [0.25, 0.3) is 5.91 Å². The zero-order chi connectivity index (χ0) is 25.9. The van der Waals surface area contributed by atoms with Crippen LogP contribution in [0.1, 0.15) is 36.5 Å². The number of nitrogens with zero attached hydrogens (tertiary/aromatic N) is 1. The van der Waals surface area contributed by atoms with Crippen molar-refractivity contribution in [3.63, 3.8) is 0 Å². The lowest BCUT2D eigenvalue weighted by Gasteiger charge is -2.31. The van der Waals surface area contributed by atoms with Gasteiger partial charge in [0.05, 0.1) is 0 Å². The molecule has 1 N–H and O–H groups in total. The Kier molecular flexibility index (Phi) is 10.3. The lowest BCUT2D eigenvalue weighted by molar-refractivity contribution is -0.142. The summed E-state index contributed by atoms with van der Waals surface area (Å²) < 4.78 is 20.4. The van der Waals surface area contributed by atoms with Crippen LogP contribution in [0.4, 0.5) is 4.39 Å². The van der Waals surface area contributed by atoms with Crippen molar-refractivity contribution in [2.45, 2.75) is 45.7 Å². The smallest absolute Gasteiger partial charge is 0.261 e. The molecule has 0 spiro atoms. The summed E-state index contributed by atoms with van der Waals surface area (Å²) in [5, 5.41) is 3.54. The normalized spacial score (nSPS) is 11.6. The molecule has 0 aliphatic carbocycles. The Hall–Kier alpha value is -3.38. The molecule has 3 aromatic rings. The van der Waals surface area contributed by atoms with Crippen LogP contribution >= 0.6 is 11.6 Å². The molecule has 0 saturated heterocycles. The van der Waals surface area contributed by atoms with Crippen molar-refractivity contribution in [2.24, 2.45) is 0 Å². The van der Waals surface area contributed by atoms with Crippen molar-refractivity contribution in [3.8, 4) is 5.75 Å². The summed E-state index contributed by atoms with van der Waals surface area (Å²) in [6, 6.07) is 20.0. The highest BCUT2D eigenvalue weighted by Crippen LogP contribution is 2.22. The molecular formula is C29H32ClFN2O3. The molecule has 0 unspecified atom stereocenters. The van der Waals surface area contributed by atoms with Gasteiger partial charge in [0.15, 0.2) is 6.61 Å².